The molecule has 1 saturated heterocycles. The van der Waals surface area contributed by atoms with Gasteiger partial charge in [0.2, 0.25) is 0 Å². The van der Waals surface area contributed by atoms with Crippen LogP contribution in [0.1, 0.15) is 12.5 Å². The third-order valence-corrected chi connectivity index (χ3v) is 3.23. The van der Waals surface area contributed by atoms with Gasteiger partial charge in [-0.15, -0.1) is 0 Å². The molecule has 21 heavy (non-hydrogen) atoms. The number of benzene rings is 1. The number of carboxylic acid groups (broad SMARTS) is 1. The molecule has 0 radical (unpaired) electrons. The van der Waals surface area contributed by atoms with Crippen molar-refractivity contribution in [1.29, 1.82) is 0 Å². The number of rotatable bonds is 4. The zero-order chi connectivity index (χ0) is 15.4. The van der Waals surface area contributed by atoms with E-state index in [1.807, 2.05) is 6.07 Å². The predicted octanol–water partition coefficient (Wildman–Crippen LogP) is 1.23. The molecule has 2 atom stereocenters. The van der Waals surface area contributed by atoms with Gasteiger partial charge in [0.15, 0.2) is 6.73 Å². The van der Waals surface area contributed by atoms with Crippen molar-refractivity contribution in [1.82, 2.24) is 4.90 Å². The molecule has 1 unspecified atom stereocenters. The van der Waals surface area contributed by atoms with Gasteiger partial charge in [-0.05, 0) is 12.5 Å². The molecule has 112 valence electrons. The molecule has 0 aromatic heterocycles. The molecule has 0 bridgehead atoms. The fraction of sp³-hybridized carbons (Fsp3) is 0.357. The number of hydrogen-bond donors (Lipinski definition) is 1. The van der Waals surface area contributed by atoms with Gasteiger partial charge in [0.1, 0.15) is 12.6 Å². The molecule has 7 nitrogen and oxygen atoms in total. The van der Waals surface area contributed by atoms with E-state index in [-0.39, 0.29) is 13.3 Å². The Kier molecular flexibility index (Phi) is 4.42. The van der Waals surface area contributed by atoms with Gasteiger partial charge in [0.25, 0.3) is 0 Å². The number of amides is 1. The van der Waals surface area contributed by atoms with Gasteiger partial charge in [-0.2, -0.15) is 0 Å². The number of nitrogens with zero attached hydrogens (tertiary/aromatic N) is 1. The Morgan fingerprint density at radius 3 is 2.71 bits per heavy atom. The highest BCUT2D eigenvalue weighted by Gasteiger charge is 2.44. The molecule has 0 saturated carbocycles. The standard InChI is InChI=1S/C14H15NO6/c1-9(12(16)17)11-13(18)21-8-15(11)14(19)20-7-10-5-3-2-4-6-10/h2-6,9,11H,7-8H2,1H3,(H,16,17)/t9?,11-/m0/s1. The molecule has 1 heterocycles. The van der Waals surface area contributed by atoms with Crippen LogP contribution in [0.3, 0.4) is 0 Å². The first-order chi connectivity index (χ1) is 10.0. The van der Waals surface area contributed by atoms with Crippen molar-refractivity contribution in [2.24, 2.45) is 5.92 Å². The fourth-order valence-corrected chi connectivity index (χ4v) is 2.00. The number of ether oxygens (including phenoxy) is 2. The zero-order valence-corrected chi connectivity index (χ0v) is 11.4. The molecule has 1 aliphatic rings. The van der Waals surface area contributed by atoms with Gasteiger partial charge in [-0.1, -0.05) is 30.3 Å². The SMILES string of the molecule is CC(C(=O)O)[C@H]1C(=O)OCN1C(=O)OCc1ccccc1. The number of carbonyl (C=O) groups is 3. The zero-order valence-electron chi connectivity index (χ0n) is 11.4. The van der Waals surface area contributed by atoms with Crippen molar-refractivity contribution in [3.8, 4) is 0 Å². The first-order valence-electron chi connectivity index (χ1n) is 6.37. The monoisotopic (exact) mass is 293 g/mol. The van der Waals surface area contributed by atoms with Crippen LogP contribution in [-0.4, -0.2) is 40.8 Å². The summed E-state index contributed by atoms with van der Waals surface area (Å²) in [6.45, 7) is 1.09. The van der Waals surface area contributed by atoms with E-state index in [0.29, 0.717) is 0 Å². The van der Waals surface area contributed by atoms with E-state index in [1.54, 1.807) is 24.3 Å². The second kappa shape index (κ2) is 6.25. The minimum Gasteiger partial charge on any atom is -0.481 e. The Bertz CT molecular complexity index is 544. The first kappa shape index (κ1) is 14.8. The molecule has 1 aliphatic heterocycles. The molecular weight excluding hydrogens is 278 g/mol. The van der Waals surface area contributed by atoms with Gasteiger partial charge in [-0.3, -0.25) is 9.69 Å². The summed E-state index contributed by atoms with van der Waals surface area (Å²) in [6.07, 6.45) is -0.775. The maximum absolute atomic E-state index is 12.0. The topological polar surface area (TPSA) is 93.1 Å². The average molecular weight is 293 g/mol. The Hall–Kier alpha value is -2.57. The van der Waals surface area contributed by atoms with E-state index in [2.05, 4.69) is 0 Å². The van der Waals surface area contributed by atoms with E-state index in [1.165, 1.54) is 6.92 Å². The first-order valence-corrected chi connectivity index (χ1v) is 6.37. The van der Waals surface area contributed by atoms with E-state index in [9.17, 15) is 14.4 Å². The minimum absolute atomic E-state index is 0.0402. The number of carbonyl (C=O) groups excluding carboxylic acids is 2. The van der Waals surface area contributed by atoms with Crippen LogP contribution in [0.4, 0.5) is 4.79 Å². The Balaban J connectivity index is 2.00. The number of aliphatic carboxylic acids is 1. The molecule has 1 amide bonds. The molecule has 1 aromatic carbocycles. The van der Waals surface area contributed by atoms with Gasteiger partial charge in [0, 0.05) is 0 Å². The summed E-state index contributed by atoms with van der Waals surface area (Å²) < 4.78 is 9.83. The van der Waals surface area contributed by atoms with E-state index >= 15 is 0 Å². The molecule has 1 fully saturated rings. The number of hydrogen-bond acceptors (Lipinski definition) is 5. The van der Waals surface area contributed by atoms with Crippen molar-refractivity contribution in [3.63, 3.8) is 0 Å². The lowest BCUT2D eigenvalue weighted by Gasteiger charge is -2.22. The van der Waals surface area contributed by atoms with E-state index in [4.69, 9.17) is 14.6 Å². The predicted molar refractivity (Wildman–Crippen MR) is 70.0 cm³/mol. The van der Waals surface area contributed by atoms with Crippen LogP contribution in [-0.2, 0) is 25.7 Å². The van der Waals surface area contributed by atoms with Crippen molar-refractivity contribution >= 4 is 18.0 Å². The number of esters is 1. The highest BCUT2D eigenvalue weighted by Crippen LogP contribution is 2.21. The van der Waals surface area contributed by atoms with Crippen molar-refractivity contribution < 1.29 is 29.0 Å². The molecular formula is C14H15NO6. The van der Waals surface area contributed by atoms with Crippen molar-refractivity contribution in [3.05, 3.63) is 35.9 Å². The lowest BCUT2D eigenvalue weighted by molar-refractivity contribution is -0.148. The quantitative estimate of drug-likeness (QED) is 0.839. The highest BCUT2D eigenvalue weighted by atomic mass is 16.6. The van der Waals surface area contributed by atoms with Gasteiger partial charge >= 0.3 is 18.0 Å². The van der Waals surface area contributed by atoms with Crippen LogP contribution < -0.4 is 0 Å². The van der Waals surface area contributed by atoms with Crippen LogP contribution in [0.2, 0.25) is 0 Å². The van der Waals surface area contributed by atoms with Crippen LogP contribution in [0.15, 0.2) is 30.3 Å². The maximum atomic E-state index is 12.0. The normalized spacial score (nSPS) is 19.0. The Labute approximate surface area is 121 Å². The maximum Gasteiger partial charge on any atom is 0.413 e. The molecule has 7 heteroatoms. The van der Waals surface area contributed by atoms with Crippen LogP contribution in [0, 0.1) is 5.92 Å². The number of cyclic esters (lactones) is 1. The highest BCUT2D eigenvalue weighted by molar-refractivity contribution is 5.88. The van der Waals surface area contributed by atoms with Crippen LogP contribution >= 0.6 is 0 Å². The van der Waals surface area contributed by atoms with E-state index < -0.39 is 30.0 Å². The second-order valence-corrected chi connectivity index (χ2v) is 4.67. The smallest absolute Gasteiger partial charge is 0.413 e. The molecule has 1 aromatic rings. The minimum atomic E-state index is -1.18. The van der Waals surface area contributed by atoms with Gasteiger partial charge in [-0.25, -0.2) is 9.59 Å². The lowest BCUT2D eigenvalue weighted by Crippen LogP contribution is -2.45. The summed E-state index contributed by atoms with van der Waals surface area (Å²) in [6, 6.07) is 7.86. The van der Waals surface area contributed by atoms with Crippen LogP contribution in [0.5, 0.6) is 0 Å². The third-order valence-electron chi connectivity index (χ3n) is 3.23. The summed E-state index contributed by atoms with van der Waals surface area (Å²) in [5.41, 5.74) is 0.792. The van der Waals surface area contributed by atoms with E-state index in [0.717, 1.165) is 10.5 Å². The number of carboxylic acids is 1. The summed E-state index contributed by atoms with van der Waals surface area (Å²) in [4.78, 5) is 35.5. The fourth-order valence-electron chi connectivity index (χ4n) is 2.00. The average Bonchev–Trinajstić information content (AvgIpc) is 2.86. The summed E-state index contributed by atoms with van der Waals surface area (Å²) >= 11 is 0. The van der Waals surface area contributed by atoms with Gasteiger partial charge in [0.05, 0.1) is 5.92 Å². The summed E-state index contributed by atoms with van der Waals surface area (Å²) in [7, 11) is 0. The Morgan fingerprint density at radius 1 is 1.43 bits per heavy atom. The van der Waals surface area contributed by atoms with Crippen molar-refractivity contribution in [2.75, 3.05) is 6.73 Å². The molecule has 0 spiro atoms. The van der Waals surface area contributed by atoms with Gasteiger partial charge < -0.3 is 14.6 Å². The lowest BCUT2D eigenvalue weighted by atomic mass is 10.0. The molecule has 1 N–H and O–H groups in total. The molecule has 0 aliphatic carbocycles. The molecule has 2 rings (SSSR count). The summed E-state index contributed by atoms with van der Waals surface area (Å²) in [5, 5.41) is 8.98. The third kappa shape index (κ3) is 3.31. The van der Waals surface area contributed by atoms with Crippen LogP contribution in [0.25, 0.3) is 0 Å². The Morgan fingerprint density at radius 2 is 2.10 bits per heavy atom. The summed E-state index contributed by atoms with van der Waals surface area (Å²) in [5.74, 6) is -2.98. The van der Waals surface area contributed by atoms with Crippen molar-refractivity contribution in [2.45, 2.75) is 19.6 Å². The second-order valence-electron chi connectivity index (χ2n) is 4.67. The largest absolute Gasteiger partial charge is 0.481 e.